The van der Waals surface area contributed by atoms with Crippen LogP contribution >= 0.6 is 11.3 Å². The molecule has 7 rings (SSSR count). The van der Waals surface area contributed by atoms with Gasteiger partial charge in [0.25, 0.3) is 5.56 Å². The summed E-state index contributed by atoms with van der Waals surface area (Å²) in [6.07, 6.45) is 4.74. The van der Waals surface area contributed by atoms with Crippen LogP contribution in [0.2, 0.25) is 0 Å². The van der Waals surface area contributed by atoms with Crippen molar-refractivity contribution in [3.05, 3.63) is 44.4 Å². The van der Waals surface area contributed by atoms with E-state index in [1.54, 1.807) is 24.3 Å². The lowest BCUT2D eigenvalue weighted by Crippen LogP contribution is -2.57. The standard InChI is InChI=1S/C25H25N5O5S2/c1-13-7-16(24(33)30-20(13)17(31)9-25(30)10-37(34,35)11-25)28-21-19-15-4-3-14(23(32)29-5-2-6-29)8-18(15)36-22(19)27-12-26-21/h7,12,14H,2-6,8-11H2,1H3,(H,26,27,28)/t14-/m0/s1. The summed E-state index contributed by atoms with van der Waals surface area (Å²) in [5, 5.41) is 4.06. The SMILES string of the molecule is Cc1cc(Nc2ncnc3sc4c(c23)CC[C@H](C(=O)N2CCC2)C4)c(=O)n2c1C(=O)CC21CS(=O)(=O)C1. The average molecular weight is 540 g/mol. The largest absolute Gasteiger partial charge is 0.342 e. The summed E-state index contributed by atoms with van der Waals surface area (Å²) < 4.78 is 25.5. The molecule has 0 saturated carbocycles. The van der Waals surface area contributed by atoms with Crippen LogP contribution < -0.4 is 10.9 Å². The number of aryl methyl sites for hydroxylation is 2. The Bertz CT molecular complexity index is 1690. The number of amides is 1. The number of sulfone groups is 1. The number of hydrogen-bond acceptors (Lipinski definition) is 9. The lowest BCUT2D eigenvalue weighted by molar-refractivity contribution is -0.139. The Morgan fingerprint density at radius 1 is 1.22 bits per heavy atom. The van der Waals surface area contributed by atoms with Crippen LogP contribution in [0, 0.1) is 12.8 Å². The zero-order valence-corrected chi connectivity index (χ0v) is 21.9. The molecular weight excluding hydrogens is 514 g/mol. The van der Waals surface area contributed by atoms with Gasteiger partial charge in [-0.25, -0.2) is 18.4 Å². The molecular formula is C25H25N5O5S2. The van der Waals surface area contributed by atoms with Crippen molar-refractivity contribution in [3.63, 3.8) is 0 Å². The highest BCUT2D eigenvalue weighted by molar-refractivity contribution is 7.92. The topological polar surface area (TPSA) is 131 Å². The number of rotatable bonds is 3. The second-order valence-electron chi connectivity index (χ2n) is 10.7. The fourth-order valence-corrected chi connectivity index (χ4v) is 9.72. The van der Waals surface area contributed by atoms with E-state index in [9.17, 15) is 22.8 Å². The summed E-state index contributed by atoms with van der Waals surface area (Å²) in [6.45, 7) is 3.46. The van der Waals surface area contributed by atoms with Crippen LogP contribution in [0.25, 0.3) is 10.2 Å². The Hall–Kier alpha value is -3.12. The molecule has 10 nitrogen and oxygen atoms in total. The molecule has 0 bridgehead atoms. The summed E-state index contributed by atoms with van der Waals surface area (Å²) in [5.74, 6) is 0.133. The van der Waals surface area contributed by atoms with Crippen molar-refractivity contribution in [2.45, 2.75) is 44.6 Å². The first-order chi connectivity index (χ1) is 17.7. The number of likely N-dealkylation sites (tertiary alicyclic amines) is 1. The first-order valence-corrected chi connectivity index (χ1v) is 15.1. The Balaban J connectivity index is 1.27. The third-order valence-electron chi connectivity index (χ3n) is 8.21. The van der Waals surface area contributed by atoms with Gasteiger partial charge in [0, 0.05) is 30.3 Å². The van der Waals surface area contributed by atoms with Crippen LogP contribution in [-0.4, -0.2) is 64.1 Å². The van der Waals surface area contributed by atoms with Crippen molar-refractivity contribution in [2.24, 2.45) is 5.92 Å². The van der Waals surface area contributed by atoms with Crippen LogP contribution in [0.5, 0.6) is 0 Å². The molecule has 3 aromatic rings. The minimum atomic E-state index is -3.27. The first-order valence-electron chi connectivity index (χ1n) is 12.5. The first kappa shape index (κ1) is 23.0. The van der Waals surface area contributed by atoms with Crippen molar-refractivity contribution in [1.82, 2.24) is 19.4 Å². The maximum absolute atomic E-state index is 13.6. The van der Waals surface area contributed by atoms with Crippen molar-refractivity contribution < 1.29 is 18.0 Å². The zero-order valence-electron chi connectivity index (χ0n) is 20.2. The van der Waals surface area contributed by atoms with Gasteiger partial charge in [-0.05, 0) is 49.8 Å². The monoisotopic (exact) mass is 539 g/mol. The fourth-order valence-electron chi connectivity index (χ4n) is 6.44. The number of nitrogens with one attached hydrogen (secondary N) is 1. The number of pyridine rings is 1. The summed E-state index contributed by atoms with van der Waals surface area (Å²) >= 11 is 1.57. The van der Waals surface area contributed by atoms with Gasteiger partial charge in [0.15, 0.2) is 15.6 Å². The number of hydrogen-bond donors (Lipinski definition) is 1. The van der Waals surface area contributed by atoms with E-state index >= 15 is 0 Å². The highest BCUT2D eigenvalue weighted by atomic mass is 32.2. The molecule has 2 fully saturated rings. The van der Waals surface area contributed by atoms with Gasteiger partial charge in [-0.3, -0.25) is 19.0 Å². The van der Waals surface area contributed by atoms with Crippen LogP contribution in [0.1, 0.15) is 45.8 Å². The van der Waals surface area contributed by atoms with E-state index < -0.39 is 20.9 Å². The van der Waals surface area contributed by atoms with Gasteiger partial charge in [-0.15, -0.1) is 11.3 Å². The van der Waals surface area contributed by atoms with Gasteiger partial charge >= 0.3 is 0 Å². The third-order valence-corrected chi connectivity index (χ3v) is 11.3. The number of anilines is 2. The average Bonchev–Trinajstić information content (AvgIpc) is 3.30. The number of nitrogens with zero attached hydrogens (tertiary/aromatic N) is 4. The molecule has 37 heavy (non-hydrogen) atoms. The van der Waals surface area contributed by atoms with Crippen molar-refractivity contribution >= 4 is 54.6 Å². The van der Waals surface area contributed by atoms with Gasteiger partial charge in [0.1, 0.15) is 22.7 Å². The number of Topliss-reactive ketones (excluding diaryl/α,β-unsaturated/α-hetero) is 1. The Labute approximate surface area is 216 Å². The Morgan fingerprint density at radius 2 is 2.00 bits per heavy atom. The van der Waals surface area contributed by atoms with Gasteiger partial charge in [-0.1, -0.05) is 0 Å². The Morgan fingerprint density at radius 3 is 2.70 bits per heavy atom. The van der Waals surface area contributed by atoms with Gasteiger partial charge in [-0.2, -0.15) is 0 Å². The second kappa shape index (κ2) is 7.70. The van der Waals surface area contributed by atoms with Crippen LogP contribution in [0.4, 0.5) is 11.5 Å². The van der Waals surface area contributed by atoms with Gasteiger partial charge < -0.3 is 10.2 Å². The molecule has 0 radical (unpaired) electrons. The van der Waals surface area contributed by atoms with Gasteiger partial charge in [0.2, 0.25) is 5.91 Å². The maximum Gasteiger partial charge on any atom is 0.275 e. The van der Waals surface area contributed by atoms with Crippen LogP contribution in [0.3, 0.4) is 0 Å². The predicted molar refractivity (Wildman–Crippen MR) is 138 cm³/mol. The van der Waals surface area contributed by atoms with E-state index in [4.69, 9.17) is 0 Å². The highest BCUT2D eigenvalue weighted by Crippen LogP contribution is 2.43. The number of thiophene rings is 1. The number of fused-ring (bicyclic) bond motifs is 5. The molecule has 2 saturated heterocycles. The highest BCUT2D eigenvalue weighted by Gasteiger charge is 2.57. The molecule has 1 aliphatic carbocycles. The van der Waals surface area contributed by atoms with Crippen molar-refractivity contribution in [3.8, 4) is 0 Å². The molecule has 0 unspecified atom stereocenters. The molecule has 6 heterocycles. The van der Waals surface area contributed by atoms with Gasteiger partial charge in [0.05, 0.1) is 28.1 Å². The summed E-state index contributed by atoms with van der Waals surface area (Å²) in [5.41, 5.74) is 0.872. The molecule has 4 aliphatic rings. The Kier molecular flexibility index (Phi) is 4.79. The molecule has 12 heteroatoms. The molecule has 1 spiro atoms. The van der Waals surface area contributed by atoms with Crippen molar-refractivity contribution in [1.29, 1.82) is 0 Å². The summed E-state index contributed by atoms with van der Waals surface area (Å²) in [6, 6.07) is 1.65. The molecule has 3 aliphatic heterocycles. The van der Waals surface area contributed by atoms with Crippen LogP contribution in [-0.2, 0) is 33.0 Å². The van der Waals surface area contributed by atoms with E-state index in [-0.39, 0.29) is 41.2 Å². The van der Waals surface area contributed by atoms with E-state index in [0.717, 1.165) is 53.0 Å². The zero-order chi connectivity index (χ0) is 25.7. The van der Waals surface area contributed by atoms with E-state index in [2.05, 4.69) is 15.3 Å². The maximum atomic E-state index is 13.6. The molecule has 192 valence electrons. The predicted octanol–water partition coefficient (Wildman–Crippen LogP) is 1.95. The minimum Gasteiger partial charge on any atom is -0.342 e. The number of aromatic nitrogens is 3. The summed E-state index contributed by atoms with van der Waals surface area (Å²) in [4.78, 5) is 52.0. The van der Waals surface area contributed by atoms with E-state index in [1.807, 2.05) is 4.90 Å². The number of ketones is 1. The number of carbonyl (C=O) groups excluding carboxylic acids is 2. The quantitative estimate of drug-likeness (QED) is 0.534. The smallest absolute Gasteiger partial charge is 0.275 e. The molecule has 3 aromatic heterocycles. The lowest BCUT2D eigenvalue weighted by atomic mass is 9.86. The normalized spacial score (nSPS) is 22.9. The molecule has 1 atom stereocenters. The fraction of sp³-hybridized carbons (Fsp3) is 0.480. The molecule has 1 amide bonds. The molecule has 0 aromatic carbocycles. The summed E-state index contributed by atoms with van der Waals surface area (Å²) in [7, 11) is -3.27. The van der Waals surface area contributed by atoms with Crippen molar-refractivity contribution in [2.75, 3.05) is 29.9 Å². The second-order valence-corrected chi connectivity index (χ2v) is 13.9. The third kappa shape index (κ3) is 3.34. The minimum absolute atomic E-state index is 0.0123. The van der Waals surface area contributed by atoms with E-state index in [1.165, 1.54) is 10.9 Å². The van der Waals surface area contributed by atoms with E-state index in [0.29, 0.717) is 23.5 Å². The molecule has 1 N–H and O–H groups in total. The van der Waals surface area contributed by atoms with Crippen LogP contribution in [0.15, 0.2) is 17.2 Å². The lowest BCUT2D eigenvalue weighted by Gasteiger charge is -2.38. The number of carbonyl (C=O) groups is 2.